The van der Waals surface area contributed by atoms with Gasteiger partial charge in [-0.05, 0) is 38.1 Å². The van der Waals surface area contributed by atoms with Gasteiger partial charge in [0.05, 0.1) is 6.54 Å². The van der Waals surface area contributed by atoms with Gasteiger partial charge in [-0.15, -0.1) is 12.4 Å². The van der Waals surface area contributed by atoms with Crippen LogP contribution in [-0.2, 0) is 4.79 Å². The van der Waals surface area contributed by atoms with Gasteiger partial charge in [-0.2, -0.15) is 0 Å². The molecule has 1 aromatic carbocycles. The highest BCUT2D eigenvalue weighted by atomic mass is 35.5. The van der Waals surface area contributed by atoms with Crippen molar-refractivity contribution >= 4 is 24.0 Å². The van der Waals surface area contributed by atoms with Gasteiger partial charge in [0.2, 0.25) is 5.91 Å². The van der Waals surface area contributed by atoms with Crippen molar-refractivity contribution in [2.24, 2.45) is 0 Å². The van der Waals surface area contributed by atoms with Crippen LogP contribution in [-0.4, -0.2) is 30.4 Å². The maximum atomic E-state index is 11.9. The van der Waals surface area contributed by atoms with Crippen molar-refractivity contribution in [2.75, 3.05) is 25.0 Å². The van der Waals surface area contributed by atoms with Gasteiger partial charge in [-0.3, -0.25) is 9.69 Å². The van der Waals surface area contributed by atoms with E-state index in [0.717, 1.165) is 29.9 Å². The maximum absolute atomic E-state index is 11.9. The lowest BCUT2D eigenvalue weighted by Crippen LogP contribution is -2.33. The van der Waals surface area contributed by atoms with E-state index >= 15 is 0 Å². The summed E-state index contributed by atoms with van der Waals surface area (Å²) in [6.45, 7) is 10.4. The lowest BCUT2D eigenvalue weighted by Gasteiger charge is -2.18. The maximum Gasteiger partial charge on any atom is 0.238 e. The fourth-order valence-corrected chi connectivity index (χ4v) is 1.84. The highest BCUT2D eigenvalue weighted by Gasteiger charge is 2.09. The zero-order valence-electron chi connectivity index (χ0n) is 12.3. The number of nitrogens with one attached hydrogen (secondary N) is 1. The molecule has 0 saturated carbocycles. The quantitative estimate of drug-likeness (QED) is 0.874. The summed E-state index contributed by atoms with van der Waals surface area (Å²) in [6.07, 6.45) is 0. The monoisotopic (exact) mass is 287 g/mol. The van der Waals surface area contributed by atoms with Crippen LogP contribution in [0, 0.1) is 13.8 Å². The summed E-state index contributed by atoms with van der Waals surface area (Å²) in [5.41, 5.74) is 3.17. The molecule has 4 nitrogen and oxygen atoms in total. The van der Waals surface area contributed by atoms with Crippen LogP contribution in [0.15, 0.2) is 18.2 Å². The molecule has 0 aliphatic carbocycles. The van der Waals surface area contributed by atoms with Gasteiger partial charge in [0, 0.05) is 5.69 Å². The summed E-state index contributed by atoms with van der Waals surface area (Å²) >= 11 is 0. The molecule has 1 amide bonds. The average molecular weight is 288 g/mol. The second-order valence-corrected chi connectivity index (χ2v) is 4.28. The van der Waals surface area contributed by atoms with Crippen molar-refractivity contribution in [3.8, 4) is 0 Å². The minimum atomic E-state index is 0. The molecule has 19 heavy (non-hydrogen) atoms. The highest BCUT2D eigenvalue weighted by molar-refractivity contribution is 5.93. The van der Waals surface area contributed by atoms with Crippen LogP contribution in [0.3, 0.4) is 0 Å². The number of para-hydroxylation sites is 1. The number of nitrogens with zero attached hydrogens (tertiary/aromatic N) is 1. The van der Waals surface area contributed by atoms with Crippen molar-refractivity contribution in [1.29, 1.82) is 0 Å². The van der Waals surface area contributed by atoms with Gasteiger partial charge in [-0.25, -0.2) is 0 Å². The third-order valence-electron chi connectivity index (χ3n) is 3.01. The van der Waals surface area contributed by atoms with E-state index in [1.807, 2.05) is 32.0 Å². The standard InChI is InChI=1S/C14H22N2O.ClH.H3N/c1-5-16(6-2)10-13(17)15-14-11(3)8-7-9-12(14)4;;/h7-9H,5-6,10H2,1-4H3,(H,15,17);1H;1H3. The van der Waals surface area contributed by atoms with Gasteiger partial charge in [0.25, 0.3) is 0 Å². The SMILES string of the molecule is CCN(CC)CC(=O)Nc1c(C)cccc1C.Cl.N. The summed E-state index contributed by atoms with van der Waals surface area (Å²) in [5.74, 6) is 0.0612. The van der Waals surface area contributed by atoms with E-state index in [-0.39, 0.29) is 24.5 Å². The number of likely N-dealkylation sites (N-methyl/N-ethyl adjacent to an activating group) is 1. The lowest BCUT2D eigenvalue weighted by molar-refractivity contribution is -0.117. The molecule has 0 fully saturated rings. The number of hydrogen-bond donors (Lipinski definition) is 2. The van der Waals surface area contributed by atoms with Crippen molar-refractivity contribution in [3.63, 3.8) is 0 Å². The van der Waals surface area contributed by atoms with Crippen LogP contribution in [0.5, 0.6) is 0 Å². The average Bonchev–Trinajstić information content (AvgIpc) is 2.31. The summed E-state index contributed by atoms with van der Waals surface area (Å²) in [4.78, 5) is 14.0. The Morgan fingerprint density at radius 1 is 1.16 bits per heavy atom. The first-order valence-corrected chi connectivity index (χ1v) is 6.16. The fourth-order valence-electron chi connectivity index (χ4n) is 1.84. The molecular weight excluding hydrogens is 262 g/mol. The molecule has 4 N–H and O–H groups in total. The second-order valence-electron chi connectivity index (χ2n) is 4.28. The van der Waals surface area contributed by atoms with Gasteiger partial charge in [-0.1, -0.05) is 32.0 Å². The van der Waals surface area contributed by atoms with Gasteiger partial charge in [0.1, 0.15) is 0 Å². The number of carbonyl (C=O) groups is 1. The third kappa shape index (κ3) is 6.05. The van der Waals surface area contributed by atoms with Gasteiger partial charge >= 0.3 is 0 Å². The lowest BCUT2D eigenvalue weighted by atomic mass is 10.1. The summed E-state index contributed by atoms with van der Waals surface area (Å²) in [5, 5.41) is 3.00. The van der Waals surface area contributed by atoms with Crippen LogP contribution in [0.25, 0.3) is 0 Å². The molecule has 0 saturated heterocycles. The minimum Gasteiger partial charge on any atom is -0.344 e. The Labute approximate surface area is 122 Å². The number of amides is 1. The van der Waals surface area contributed by atoms with Crippen LogP contribution in [0.2, 0.25) is 0 Å². The van der Waals surface area contributed by atoms with E-state index in [0.29, 0.717) is 6.54 Å². The molecule has 0 spiro atoms. The molecular formula is C14H26ClN3O. The number of carbonyl (C=O) groups excluding carboxylic acids is 1. The van der Waals surface area contributed by atoms with Crippen molar-refractivity contribution in [1.82, 2.24) is 11.1 Å². The van der Waals surface area contributed by atoms with Crippen LogP contribution in [0.1, 0.15) is 25.0 Å². The molecule has 0 atom stereocenters. The Kier molecular flexibility index (Phi) is 10.4. The molecule has 1 rings (SSSR count). The summed E-state index contributed by atoms with van der Waals surface area (Å²) in [6, 6.07) is 6.03. The molecule has 0 aliphatic heterocycles. The molecule has 0 aliphatic rings. The minimum absolute atomic E-state index is 0. The first kappa shape index (κ1) is 20.2. The predicted molar refractivity (Wildman–Crippen MR) is 84.6 cm³/mol. The molecule has 1 aromatic rings. The van der Waals surface area contributed by atoms with Crippen LogP contribution >= 0.6 is 12.4 Å². The van der Waals surface area contributed by atoms with Crippen molar-refractivity contribution < 1.29 is 4.79 Å². The van der Waals surface area contributed by atoms with Crippen molar-refractivity contribution in [2.45, 2.75) is 27.7 Å². The van der Waals surface area contributed by atoms with E-state index in [1.165, 1.54) is 0 Å². The molecule has 0 aromatic heterocycles. The highest BCUT2D eigenvalue weighted by Crippen LogP contribution is 2.19. The molecule has 0 heterocycles. The molecule has 0 bridgehead atoms. The Hall–Kier alpha value is -1.10. The fraction of sp³-hybridized carbons (Fsp3) is 0.500. The molecule has 5 heteroatoms. The third-order valence-corrected chi connectivity index (χ3v) is 3.01. The van der Waals surface area contributed by atoms with Crippen molar-refractivity contribution in [3.05, 3.63) is 29.3 Å². The topological polar surface area (TPSA) is 67.3 Å². The first-order chi connectivity index (χ1) is 8.08. The second kappa shape index (κ2) is 9.78. The summed E-state index contributed by atoms with van der Waals surface area (Å²) in [7, 11) is 0. The van der Waals surface area contributed by atoms with Gasteiger partial charge < -0.3 is 11.5 Å². The zero-order valence-corrected chi connectivity index (χ0v) is 13.1. The predicted octanol–water partition coefficient (Wildman–Crippen LogP) is 3.17. The zero-order chi connectivity index (χ0) is 12.8. The number of benzene rings is 1. The number of anilines is 1. The van der Waals surface area contributed by atoms with E-state index in [4.69, 9.17) is 0 Å². The number of rotatable bonds is 5. The Bertz CT molecular complexity index is 372. The summed E-state index contributed by atoms with van der Waals surface area (Å²) < 4.78 is 0. The molecule has 0 unspecified atom stereocenters. The Morgan fingerprint density at radius 2 is 1.63 bits per heavy atom. The number of halogens is 1. The Morgan fingerprint density at radius 3 is 2.05 bits per heavy atom. The Balaban J connectivity index is 0. The smallest absolute Gasteiger partial charge is 0.238 e. The van der Waals surface area contributed by atoms with Crippen LogP contribution < -0.4 is 11.5 Å². The van der Waals surface area contributed by atoms with E-state index < -0.39 is 0 Å². The largest absolute Gasteiger partial charge is 0.344 e. The molecule has 110 valence electrons. The van der Waals surface area contributed by atoms with E-state index in [9.17, 15) is 4.79 Å². The van der Waals surface area contributed by atoms with E-state index in [1.54, 1.807) is 0 Å². The number of aryl methyl sites for hydroxylation is 2. The first-order valence-electron chi connectivity index (χ1n) is 6.16. The normalized spacial score (nSPS) is 9.53. The van der Waals surface area contributed by atoms with Gasteiger partial charge in [0.15, 0.2) is 0 Å². The van der Waals surface area contributed by atoms with Crippen LogP contribution in [0.4, 0.5) is 5.69 Å². The number of hydrogen-bond acceptors (Lipinski definition) is 3. The molecule has 0 radical (unpaired) electrons. The van der Waals surface area contributed by atoms with E-state index in [2.05, 4.69) is 24.1 Å².